The van der Waals surface area contributed by atoms with Gasteiger partial charge in [-0.15, -0.1) is 11.3 Å². The predicted molar refractivity (Wildman–Crippen MR) is 316 cm³/mol. The number of hydrogen-bond donors (Lipinski definition) is 5. The van der Waals surface area contributed by atoms with Crippen molar-refractivity contribution in [3.63, 3.8) is 0 Å². The number of aryl methyl sites for hydroxylation is 2. The van der Waals surface area contributed by atoms with E-state index in [9.17, 15) is 34.2 Å². The number of para-hydroxylation sites is 1. The average molecular weight is 1130 g/mol. The van der Waals surface area contributed by atoms with E-state index in [0.717, 1.165) is 59.7 Å². The van der Waals surface area contributed by atoms with Gasteiger partial charge in [0.1, 0.15) is 30.3 Å². The molecule has 0 radical (unpaired) electrons. The Balaban J connectivity index is 0.735. The van der Waals surface area contributed by atoms with Crippen molar-refractivity contribution in [3.8, 4) is 27.3 Å². The van der Waals surface area contributed by atoms with Crippen LogP contribution in [0.15, 0.2) is 127 Å². The van der Waals surface area contributed by atoms with Crippen molar-refractivity contribution in [2.75, 3.05) is 23.3 Å². The summed E-state index contributed by atoms with van der Waals surface area (Å²) in [6, 6.07) is 36.0. The van der Waals surface area contributed by atoms with E-state index in [1.807, 2.05) is 161 Å². The number of anilines is 2. The SMILES string of the molecule is Cc1ncsc1-c1ccc(C(C)NC(=O)C2CC(O)CN2C(=O)C(NC(=O)CCc2ccc(COc3cccc(-c4ccc(N5CCc6cccc(C(=O)Nc7nc8ccccc8s7)c6C5)nc4C(=O)O)c3C)cc2)C(C)(C)C)cc1. The van der Waals surface area contributed by atoms with Crippen LogP contribution in [0.25, 0.3) is 31.8 Å². The van der Waals surface area contributed by atoms with Gasteiger partial charge in [-0.25, -0.2) is 19.7 Å². The number of nitrogens with one attached hydrogen (secondary N) is 3. The molecule has 0 bridgehead atoms. The Labute approximate surface area is 478 Å². The van der Waals surface area contributed by atoms with Gasteiger partial charge in [0.25, 0.3) is 5.91 Å². The number of nitrogens with zero attached hydrogens (tertiary/aromatic N) is 5. The van der Waals surface area contributed by atoms with E-state index >= 15 is 0 Å². The van der Waals surface area contributed by atoms with Crippen LogP contribution in [-0.2, 0) is 40.4 Å². The number of pyridine rings is 1. The Morgan fingerprint density at radius 1 is 0.840 bits per heavy atom. The highest BCUT2D eigenvalue weighted by atomic mass is 32.1. The highest BCUT2D eigenvalue weighted by Gasteiger charge is 2.45. The maximum absolute atomic E-state index is 14.3. The summed E-state index contributed by atoms with van der Waals surface area (Å²) in [6.07, 6.45) is 0.358. The molecule has 8 aromatic rings. The van der Waals surface area contributed by atoms with E-state index < -0.39 is 35.5 Å². The summed E-state index contributed by atoms with van der Waals surface area (Å²) in [5, 5.41) is 30.8. The highest BCUT2D eigenvalue weighted by molar-refractivity contribution is 7.22. The van der Waals surface area contributed by atoms with Crippen molar-refractivity contribution in [2.24, 2.45) is 5.41 Å². The number of carbonyl (C=O) groups excluding carboxylic acids is 4. The third kappa shape index (κ3) is 12.5. The molecule has 0 aliphatic carbocycles. The van der Waals surface area contributed by atoms with Gasteiger partial charge >= 0.3 is 5.97 Å². The summed E-state index contributed by atoms with van der Waals surface area (Å²) in [4.78, 5) is 86.4. The smallest absolute Gasteiger partial charge is 0.355 e. The van der Waals surface area contributed by atoms with Gasteiger partial charge in [0.05, 0.1) is 38.4 Å². The number of β-amino-alcohol motifs (C(OH)–C–C–N with tert-alkyl or cyclic N) is 1. The van der Waals surface area contributed by atoms with Crippen molar-refractivity contribution in [2.45, 2.75) is 105 Å². The number of aromatic carboxylic acids is 1. The molecule has 4 atom stereocenters. The molecule has 3 aromatic heterocycles. The molecular formula is C63H64N8O8S2. The lowest BCUT2D eigenvalue weighted by Gasteiger charge is -2.35. The van der Waals surface area contributed by atoms with Crippen molar-refractivity contribution in [1.82, 2.24) is 30.5 Å². The first-order valence-electron chi connectivity index (χ1n) is 27.0. The average Bonchev–Trinajstić information content (AvgIpc) is 4.33. The van der Waals surface area contributed by atoms with E-state index in [1.165, 1.54) is 16.2 Å². The minimum atomic E-state index is -1.17. The topological polar surface area (TPSA) is 216 Å². The van der Waals surface area contributed by atoms with Crippen LogP contribution >= 0.6 is 22.7 Å². The van der Waals surface area contributed by atoms with Crippen LogP contribution in [0.2, 0.25) is 0 Å². The molecule has 5 aromatic carbocycles. The normalized spacial score (nSPS) is 15.9. The molecule has 5 heterocycles. The molecule has 5 N–H and O–H groups in total. The Hall–Kier alpha value is -8.32. The van der Waals surface area contributed by atoms with Gasteiger partial charge in [-0.1, -0.05) is 117 Å². The number of benzene rings is 5. The molecular weight excluding hydrogens is 1060 g/mol. The molecule has 4 amide bonds. The van der Waals surface area contributed by atoms with E-state index in [1.54, 1.807) is 23.5 Å². The van der Waals surface area contributed by atoms with Gasteiger partial charge in [0.2, 0.25) is 17.7 Å². The largest absolute Gasteiger partial charge is 0.489 e. The minimum Gasteiger partial charge on any atom is -0.489 e. The number of fused-ring (bicyclic) bond motifs is 2. The van der Waals surface area contributed by atoms with Gasteiger partial charge in [0, 0.05) is 43.6 Å². The first-order chi connectivity index (χ1) is 38.9. The van der Waals surface area contributed by atoms with Crippen LogP contribution in [0.3, 0.4) is 0 Å². The fraction of sp³-hybridized carbons (Fsp3) is 0.302. The van der Waals surface area contributed by atoms with Crippen LogP contribution < -0.4 is 25.6 Å². The zero-order valence-corrected chi connectivity index (χ0v) is 47.6. The molecule has 16 nitrogen and oxygen atoms in total. The monoisotopic (exact) mass is 1120 g/mol. The fourth-order valence-electron chi connectivity index (χ4n) is 10.6. The summed E-state index contributed by atoms with van der Waals surface area (Å²) >= 11 is 2.98. The number of likely N-dealkylation sites (tertiary alicyclic amines) is 1. The van der Waals surface area contributed by atoms with Crippen molar-refractivity contribution in [1.29, 1.82) is 0 Å². The van der Waals surface area contributed by atoms with Crippen LogP contribution in [-0.4, -0.2) is 90.9 Å². The molecule has 18 heteroatoms. The second kappa shape index (κ2) is 23.8. The Morgan fingerprint density at radius 3 is 2.32 bits per heavy atom. The molecule has 10 rings (SSSR count). The summed E-state index contributed by atoms with van der Waals surface area (Å²) < 4.78 is 7.31. The number of hydrogen-bond acceptors (Lipinski definition) is 13. The fourth-order valence-corrected chi connectivity index (χ4v) is 12.3. The number of aliphatic hydroxyl groups excluding tert-OH is 1. The third-order valence-electron chi connectivity index (χ3n) is 15.1. The maximum Gasteiger partial charge on any atom is 0.355 e. The zero-order valence-electron chi connectivity index (χ0n) is 46.0. The lowest BCUT2D eigenvalue weighted by Crippen LogP contribution is -2.57. The molecule has 81 heavy (non-hydrogen) atoms. The number of aromatic nitrogens is 3. The maximum atomic E-state index is 14.3. The van der Waals surface area contributed by atoms with Gasteiger partial charge in [-0.2, -0.15) is 0 Å². The van der Waals surface area contributed by atoms with Gasteiger partial charge in [-0.05, 0) is 120 Å². The summed E-state index contributed by atoms with van der Waals surface area (Å²) in [5.74, 6) is -1.47. The quantitative estimate of drug-likeness (QED) is 0.0576. The molecule has 0 spiro atoms. The summed E-state index contributed by atoms with van der Waals surface area (Å²) in [5.41, 5.74) is 10.8. The highest BCUT2D eigenvalue weighted by Crippen LogP contribution is 2.36. The zero-order chi connectivity index (χ0) is 57.1. The van der Waals surface area contributed by atoms with Crippen molar-refractivity contribution in [3.05, 3.63) is 177 Å². The minimum absolute atomic E-state index is 0.0233. The van der Waals surface area contributed by atoms with Crippen LogP contribution in [0.4, 0.5) is 10.9 Å². The van der Waals surface area contributed by atoms with E-state index in [4.69, 9.17) is 9.72 Å². The number of amides is 4. The molecule has 4 unspecified atom stereocenters. The van der Waals surface area contributed by atoms with Crippen LogP contribution in [0, 0.1) is 19.3 Å². The number of thiazole rings is 2. The Morgan fingerprint density at radius 2 is 1.59 bits per heavy atom. The number of carbonyl (C=O) groups is 5. The number of carboxylic acid groups (broad SMARTS) is 1. The molecule has 2 aliphatic heterocycles. The molecule has 1 fully saturated rings. The third-order valence-corrected chi connectivity index (χ3v) is 17.1. The summed E-state index contributed by atoms with van der Waals surface area (Å²) in [6.45, 7) is 12.5. The molecule has 2 aliphatic rings. The van der Waals surface area contributed by atoms with Crippen LogP contribution in [0.1, 0.15) is 106 Å². The standard InChI is InChI=1S/C63H64N8O8S2/c1-36-45(46-26-27-53(67-55(46)61(77)78)70-30-29-42-11-9-13-47(48(42)33-70)58(74)69-62-66-49-14-7-8-16-52(49)81-62)12-10-15-51(36)79-34-40-19-17-39(18-20-40)21-28-54(73)68-57(63(4,5)6)60(76)71-32-44(72)31-50(71)59(75)65-37(2)41-22-24-43(25-23-41)56-38(3)64-35-80-56/h7-20,22-27,35,37,44,50,57,72H,21,28-34H2,1-6H3,(H,65,75)(H,68,73)(H,77,78)(H,66,69,74). The Kier molecular flexibility index (Phi) is 16.4. The van der Waals surface area contributed by atoms with Gasteiger partial charge < -0.3 is 35.4 Å². The molecule has 0 saturated carbocycles. The first kappa shape index (κ1) is 56.0. The summed E-state index contributed by atoms with van der Waals surface area (Å²) in [7, 11) is 0. The molecule has 416 valence electrons. The number of ether oxygens (including phenoxy) is 1. The van der Waals surface area contributed by atoms with E-state index in [0.29, 0.717) is 59.3 Å². The second-order valence-electron chi connectivity index (χ2n) is 21.8. The lowest BCUT2D eigenvalue weighted by atomic mass is 9.85. The van der Waals surface area contributed by atoms with Crippen molar-refractivity contribution < 1.29 is 38.9 Å². The van der Waals surface area contributed by atoms with E-state index in [-0.39, 0.29) is 55.5 Å². The van der Waals surface area contributed by atoms with Gasteiger partial charge in [-0.3, -0.25) is 24.5 Å². The number of rotatable bonds is 17. The Bertz CT molecular complexity index is 3630. The van der Waals surface area contributed by atoms with Crippen LogP contribution in [0.5, 0.6) is 5.75 Å². The molecule has 1 saturated heterocycles. The first-order valence-corrected chi connectivity index (χ1v) is 28.7. The van der Waals surface area contributed by atoms with Gasteiger partial charge in [0.15, 0.2) is 10.8 Å². The number of aliphatic hydroxyl groups is 1. The van der Waals surface area contributed by atoms with Crippen molar-refractivity contribution >= 4 is 73.4 Å². The predicted octanol–water partition coefficient (Wildman–Crippen LogP) is 10.5. The lowest BCUT2D eigenvalue weighted by molar-refractivity contribution is -0.144. The number of carboxylic acids is 1. The second-order valence-corrected chi connectivity index (χ2v) is 23.7. The van der Waals surface area contributed by atoms with E-state index in [2.05, 4.69) is 25.9 Å².